The molecule has 0 saturated heterocycles. The smallest absolute Gasteiger partial charge is 0.340 e. The van der Waals surface area contributed by atoms with Crippen molar-refractivity contribution in [2.75, 3.05) is 5.32 Å². The van der Waals surface area contributed by atoms with E-state index in [0.717, 1.165) is 6.07 Å². The highest BCUT2D eigenvalue weighted by Crippen LogP contribution is 2.19. The predicted molar refractivity (Wildman–Crippen MR) is 62.6 cm³/mol. The lowest BCUT2D eigenvalue weighted by Gasteiger charge is -2.07. The van der Waals surface area contributed by atoms with E-state index in [1.165, 1.54) is 18.2 Å². The maximum absolute atomic E-state index is 13.4. The second-order valence-corrected chi connectivity index (χ2v) is 3.74. The number of carboxylic acids is 1. The Morgan fingerprint density at radius 2 is 2.16 bits per heavy atom. The first-order chi connectivity index (χ1) is 8.99. The van der Waals surface area contributed by atoms with E-state index in [0.29, 0.717) is 5.76 Å². The fourth-order valence-corrected chi connectivity index (χ4v) is 1.51. The molecular formula is C12H9FN2O4. The number of hydrogen-bond acceptors (Lipinski definition) is 4. The molecule has 0 radical (unpaired) electrons. The number of carboxylic acid groups (broad SMARTS) is 1. The molecule has 7 heteroatoms. The van der Waals surface area contributed by atoms with Crippen LogP contribution in [-0.2, 0) is 0 Å². The standard InChI is InChI=1S/C12H9FN2O4/c1-6-5-9(15-19-6)11(16)14-8-4-2-3-7(13)10(8)12(17)18/h2-5H,1H3,(H,14,16)(H,17,18). The van der Waals surface area contributed by atoms with E-state index < -0.39 is 23.3 Å². The molecule has 0 aliphatic heterocycles. The molecule has 0 fully saturated rings. The van der Waals surface area contributed by atoms with Crippen molar-refractivity contribution in [2.24, 2.45) is 0 Å². The molecule has 1 heterocycles. The Bertz CT molecular complexity index is 651. The van der Waals surface area contributed by atoms with Gasteiger partial charge >= 0.3 is 5.97 Å². The Labute approximate surface area is 106 Å². The Hall–Kier alpha value is -2.70. The molecule has 0 atom stereocenters. The average molecular weight is 264 g/mol. The van der Waals surface area contributed by atoms with Gasteiger partial charge in [0.15, 0.2) is 5.69 Å². The highest BCUT2D eigenvalue weighted by molar-refractivity contribution is 6.06. The summed E-state index contributed by atoms with van der Waals surface area (Å²) in [5, 5.41) is 14.7. The second kappa shape index (κ2) is 4.89. The summed E-state index contributed by atoms with van der Waals surface area (Å²) in [6.45, 7) is 1.61. The van der Waals surface area contributed by atoms with Crippen LogP contribution in [0.3, 0.4) is 0 Å². The Morgan fingerprint density at radius 1 is 1.42 bits per heavy atom. The molecule has 1 aromatic carbocycles. The summed E-state index contributed by atoms with van der Waals surface area (Å²) in [6, 6.07) is 4.97. The van der Waals surface area contributed by atoms with E-state index in [2.05, 4.69) is 10.5 Å². The van der Waals surface area contributed by atoms with E-state index in [1.807, 2.05) is 0 Å². The summed E-state index contributed by atoms with van der Waals surface area (Å²) in [6.07, 6.45) is 0. The van der Waals surface area contributed by atoms with E-state index in [1.54, 1.807) is 6.92 Å². The van der Waals surface area contributed by atoms with Gasteiger partial charge in [-0.05, 0) is 19.1 Å². The fourth-order valence-electron chi connectivity index (χ4n) is 1.51. The molecule has 19 heavy (non-hydrogen) atoms. The van der Waals surface area contributed by atoms with Gasteiger partial charge in [-0.3, -0.25) is 4.79 Å². The van der Waals surface area contributed by atoms with Crippen LogP contribution in [0.5, 0.6) is 0 Å². The number of anilines is 1. The van der Waals surface area contributed by atoms with Crippen LogP contribution in [0, 0.1) is 12.7 Å². The number of hydrogen-bond donors (Lipinski definition) is 2. The number of rotatable bonds is 3. The number of benzene rings is 1. The monoisotopic (exact) mass is 264 g/mol. The first kappa shape index (κ1) is 12.7. The second-order valence-electron chi connectivity index (χ2n) is 3.74. The molecule has 2 aromatic rings. The first-order valence-electron chi connectivity index (χ1n) is 5.25. The molecule has 1 aromatic heterocycles. The molecule has 6 nitrogen and oxygen atoms in total. The molecule has 0 aliphatic carbocycles. The zero-order valence-electron chi connectivity index (χ0n) is 9.81. The molecule has 0 bridgehead atoms. The molecule has 0 aliphatic rings. The van der Waals surface area contributed by atoms with Crippen molar-refractivity contribution < 1.29 is 23.6 Å². The third-order valence-electron chi connectivity index (χ3n) is 2.34. The maximum atomic E-state index is 13.4. The van der Waals surface area contributed by atoms with Crippen molar-refractivity contribution in [2.45, 2.75) is 6.92 Å². The maximum Gasteiger partial charge on any atom is 0.340 e. The average Bonchev–Trinajstić information content (AvgIpc) is 2.75. The summed E-state index contributed by atoms with van der Waals surface area (Å²) in [7, 11) is 0. The number of amides is 1. The molecule has 2 N–H and O–H groups in total. The van der Waals surface area contributed by atoms with Gasteiger partial charge in [0, 0.05) is 6.07 Å². The van der Waals surface area contributed by atoms with Crippen LogP contribution in [0.4, 0.5) is 10.1 Å². The zero-order chi connectivity index (χ0) is 14.0. The zero-order valence-corrected chi connectivity index (χ0v) is 9.81. The van der Waals surface area contributed by atoms with Crippen molar-refractivity contribution in [1.82, 2.24) is 5.16 Å². The van der Waals surface area contributed by atoms with E-state index in [9.17, 15) is 14.0 Å². The highest BCUT2D eigenvalue weighted by atomic mass is 19.1. The lowest BCUT2D eigenvalue weighted by atomic mass is 10.1. The van der Waals surface area contributed by atoms with Crippen molar-refractivity contribution >= 4 is 17.6 Å². The normalized spacial score (nSPS) is 10.2. The topological polar surface area (TPSA) is 92.4 Å². The SMILES string of the molecule is Cc1cc(C(=O)Nc2cccc(F)c2C(=O)O)no1. The molecule has 0 saturated carbocycles. The largest absolute Gasteiger partial charge is 0.478 e. The Balaban J connectivity index is 2.31. The number of halogens is 1. The van der Waals surface area contributed by atoms with Gasteiger partial charge in [0.1, 0.15) is 17.1 Å². The van der Waals surface area contributed by atoms with Gasteiger partial charge in [-0.25, -0.2) is 9.18 Å². The molecule has 98 valence electrons. The minimum Gasteiger partial charge on any atom is -0.478 e. The third kappa shape index (κ3) is 2.59. The van der Waals surface area contributed by atoms with Crippen LogP contribution in [-0.4, -0.2) is 22.1 Å². The summed E-state index contributed by atoms with van der Waals surface area (Å²) >= 11 is 0. The minimum atomic E-state index is -1.47. The number of carbonyl (C=O) groups excluding carboxylic acids is 1. The van der Waals surface area contributed by atoms with Crippen LogP contribution in [0.15, 0.2) is 28.8 Å². The molecular weight excluding hydrogens is 255 g/mol. The van der Waals surface area contributed by atoms with Gasteiger partial charge in [0.05, 0.1) is 5.69 Å². The van der Waals surface area contributed by atoms with E-state index >= 15 is 0 Å². The van der Waals surface area contributed by atoms with E-state index in [4.69, 9.17) is 9.63 Å². The van der Waals surface area contributed by atoms with Gasteiger partial charge in [-0.2, -0.15) is 0 Å². The minimum absolute atomic E-state index is 0.0156. The summed E-state index contributed by atoms with van der Waals surface area (Å²) < 4.78 is 18.1. The number of carbonyl (C=O) groups is 2. The van der Waals surface area contributed by atoms with Crippen molar-refractivity contribution in [3.05, 3.63) is 47.1 Å². The highest BCUT2D eigenvalue weighted by Gasteiger charge is 2.19. The number of aromatic nitrogens is 1. The van der Waals surface area contributed by atoms with Gasteiger partial charge in [0.2, 0.25) is 0 Å². The van der Waals surface area contributed by atoms with Crippen LogP contribution in [0.1, 0.15) is 26.6 Å². The number of aryl methyl sites for hydroxylation is 1. The number of aromatic carboxylic acids is 1. The summed E-state index contributed by atoms with van der Waals surface area (Å²) in [4.78, 5) is 22.7. The van der Waals surface area contributed by atoms with Crippen LogP contribution in [0.25, 0.3) is 0 Å². The molecule has 1 amide bonds. The van der Waals surface area contributed by atoms with Crippen LogP contribution >= 0.6 is 0 Å². The third-order valence-corrected chi connectivity index (χ3v) is 2.34. The van der Waals surface area contributed by atoms with Crippen LogP contribution < -0.4 is 5.32 Å². The lowest BCUT2D eigenvalue weighted by molar-refractivity contribution is 0.0693. The number of nitrogens with zero attached hydrogens (tertiary/aromatic N) is 1. The summed E-state index contributed by atoms with van der Waals surface area (Å²) in [5.41, 5.74) is -0.757. The van der Waals surface area contributed by atoms with Gasteiger partial charge < -0.3 is 14.9 Å². The molecule has 2 rings (SSSR count). The van der Waals surface area contributed by atoms with Gasteiger partial charge in [0.25, 0.3) is 5.91 Å². The van der Waals surface area contributed by atoms with Crippen molar-refractivity contribution in [3.63, 3.8) is 0 Å². The Morgan fingerprint density at radius 3 is 2.74 bits per heavy atom. The predicted octanol–water partition coefficient (Wildman–Crippen LogP) is 2.07. The molecule has 0 spiro atoms. The van der Waals surface area contributed by atoms with Crippen LogP contribution in [0.2, 0.25) is 0 Å². The van der Waals surface area contributed by atoms with Gasteiger partial charge in [-0.15, -0.1) is 0 Å². The quantitative estimate of drug-likeness (QED) is 0.885. The number of nitrogens with one attached hydrogen (secondary N) is 1. The lowest BCUT2D eigenvalue weighted by Crippen LogP contribution is -2.16. The van der Waals surface area contributed by atoms with Crippen molar-refractivity contribution in [1.29, 1.82) is 0 Å². The van der Waals surface area contributed by atoms with Crippen molar-refractivity contribution in [3.8, 4) is 0 Å². The molecule has 0 unspecified atom stereocenters. The first-order valence-corrected chi connectivity index (χ1v) is 5.25. The van der Waals surface area contributed by atoms with E-state index in [-0.39, 0.29) is 11.4 Å². The Kier molecular flexibility index (Phi) is 3.28. The summed E-state index contributed by atoms with van der Waals surface area (Å²) in [5.74, 6) is -2.64. The van der Waals surface area contributed by atoms with Gasteiger partial charge in [-0.1, -0.05) is 11.2 Å². The fraction of sp³-hybridized carbons (Fsp3) is 0.0833.